The van der Waals surface area contributed by atoms with Crippen molar-refractivity contribution in [1.82, 2.24) is 0 Å². The van der Waals surface area contributed by atoms with Crippen LogP contribution in [-0.2, 0) is 6.42 Å². The summed E-state index contributed by atoms with van der Waals surface area (Å²) in [6.07, 6.45) is 6.31. The second-order valence-corrected chi connectivity index (χ2v) is 6.67. The number of nitrogens with two attached hydrogens (primary N) is 1. The van der Waals surface area contributed by atoms with Crippen molar-refractivity contribution in [2.75, 3.05) is 0 Å². The van der Waals surface area contributed by atoms with Crippen molar-refractivity contribution in [2.24, 2.45) is 5.73 Å². The van der Waals surface area contributed by atoms with Crippen molar-refractivity contribution < 1.29 is 0 Å². The van der Waals surface area contributed by atoms with Crippen LogP contribution in [0.3, 0.4) is 0 Å². The van der Waals surface area contributed by atoms with Crippen molar-refractivity contribution in [3.63, 3.8) is 0 Å². The molecule has 0 bridgehead atoms. The summed E-state index contributed by atoms with van der Waals surface area (Å²) in [6, 6.07) is 6.37. The van der Waals surface area contributed by atoms with Gasteiger partial charge in [-0.3, -0.25) is 0 Å². The Bertz CT molecular complexity index is 372. The molecule has 0 spiro atoms. The number of rotatable bonds is 4. The molecule has 0 amide bonds. The zero-order valence-corrected chi connectivity index (χ0v) is 11.9. The summed E-state index contributed by atoms with van der Waals surface area (Å²) in [5.74, 6) is 0. The smallest absolute Gasteiger partial charge is 0.0449 e. The third-order valence-corrected chi connectivity index (χ3v) is 4.99. The highest BCUT2D eigenvalue weighted by Gasteiger charge is 2.18. The molecule has 1 atom stereocenters. The molecule has 94 valence electrons. The topological polar surface area (TPSA) is 26.0 Å². The number of thioether (sulfide) groups is 1. The third kappa shape index (κ3) is 3.64. The Kier molecular flexibility index (Phi) is 4.78. The fourth-order valence-electron chi connectivity index (χ4n) is 2.36. The molecule has 0 heterocycles. The van der Waals surface area contributed by atoms with Gasteiger partial charge in [-0.25, -0.2) is 0 Å². The molecule has 1 aliphatic carbocycles. The first kappa shape index (κ1) is 13.3. The summed E-state index contributed by atoms with van der Waals surface area (Å²) in [5, 5.41) is 1.64. The van der Waals surface area contributed by atoms with Gasteiger partial charge in [-0.2, -0.15) is 0 Å². The predicted molar refractivity (Wildman–Crippen MR) is 76.9 cm³/mol. The largest absolute Gasteiger partial charge is 0.328 e. The van der Waals surface area contributed by atoms with E-state index in [1.165, 1.54) is 36.1 Å². The number of hydrogen-bond donors (Lipinski definition) is 1. The molecule has 3 heteroatoms. The van der Waals surface area contributed by atoms with Crippen molar-refractivity contribution in [2.45, 2.75) is 55.2 Å². The first-order valence-corrected chi connectivity index (χ1v) is 7.62. The Morgan fingerprint density at radius 3 is 2.76 bits per heavy atom. The quantitative estimate of drug-likeness (QED) is 0.884. The average Bonchev–Trinajstić information content (AvgIpc) is 2.75. The van der Waals surface area contributed by atoms with Crippen LogP contribution in [0.2, 0.25) is 5.02 Å². The molecule has 1 saturated carbocycles. The van der Waals surface area contributed by atoms with E-state index in [1.54, 1.807) is 0 Å². The van der Waals surface area contributed by atoms with Crippen LogP contribution in [-0.4, -0.2) is 11.3 Å². The molecule has 0 saturated heterocycles. The molecule has 2 rings (SSSR count). The fraction of sp³-hybridized carbons (Fsp3) is 0.571. The molecule has 1 aromatic carbocycles. The zero-order chi connectivity index (χ0) is 12.3. The maximum atomic E-state index is 6.29. The minimum absolute atomic E-state index is 0.165. The average molecular weight is 270 g/mol. The monoisotopic (exact) mass is 269 g/mol. The summed E-state index contributed by atoms with van der Waals surface area (Å²) in [4.78, 5) is 1.33. The molecule has 17 heavy (non-hydrogen) atoms. The van der Waals surface area contributed by atoms with Gasteiger partial charge < -0.3 is 5.73 Å². The lowest BCUT2D eigenvalue weighted by Crippen LogP contribution is -2.18. The lowest BCUT2D eigenvalue weighted by Gasteiger charge is -2.16. The molecule has 1 nitrogen and oxygen atoms in total. The number of hydrogen-bond acceptors (Lipinski definition) is 2. The summed E-state index contributed by atoms with van der Waals surface area (Å²) in [5.41, 5.74) is 7.14. The highest BCUT2D eigenvalue weighted by molar-refractivity contribution is 8.00. The molecule has 0 aliphatic heterocycles. The third-order valence-electron chi connectivity index (χ3n) is 3.20. The van der Waals surface area contributed by atoms with Gasteiger partial charge in [0.25, 0.3) is 0 Å². The normalized spacial score (nSPS) is 18.5. The summed E-state index contributed by atoms with van der Waals surface area (Å²) in [7, 11) is 0. The van der Waals surface area contributed by atoms with Crippen molar-refractivity contribution in [3.8, 4) is 0 Å². The van der Waals surface area contributed by atoms with Gasteiger partial charge in [-0.15, -0.1) is 11.8 Å². The molecule has 1 unspecified atom stereocenters. The van der Waals surface area contributed by atoms with E-state index < -0.39 is 0 Å². The Morgan fingerprint density at radius 1 is 1.41 bits per heavy atom. The van der Waals surface area contributed by atoms with Gasteiger partial charge in [0.05, 0.1) is 0 Å². The van der Waals surface area contributed by atoms with Crippen molar-refractivity contribution in [3.05, 3.63) is 28.8 Å². The lowest BCUT2D eigenvalue weighted by molar-refractivity contribution is 0.729. The van der Waals surface area contributed by atoms with E-state index >= 15 is 0 Å². The zero-order valence-electron chi connectivity index (χ0n) is 10.3. The van der Waals surface area contributed by atoms with E-state index in [4.69, 9.17) is 17.3 Å². The standard InChI is InChI=1S/C14H20ClNS/c1-10(16)9-12-13(15)7-4-8-14(12)17-11-5-2-3-6-11/h4,7-8,10-11H,2-3,5-6,9,16H2,1H3. The first-order valence-electron chi connectivity index (χ1n) is 6.36. The van der Waals surface area contributed by atoms with E-state index in [-0.39, 0.29) is 6.04 Å². The molecular formula is C14H20ClNS. The number of halogens is 1. The Hall–Kier alpha value is -0.180. The Labute approximate surface area is 113 Å². The fourth-order valence-corrected chi connectivity index (χ4v) is 4.08. The van der Waals surface area contributed by atoms with Crippen LogP contribution in [0, 0.1) is 0 Å². The predicted octanol–water partition coefficient (Wildman–Crippen LogP) is 4.26. The van der Waals surface area contributed by atoms with Gasteiger partial charge >= 0.3 is 0 Å². The molecular weight excluding hydrogens is 250 g/mol. The van der Waals surface area contributed by atoms with Crippen LogP contribution in [0.4, 0.5) is 0 Å². The van der Waals surface area contributed by atoms with E-state index in [9.17, 15) is 0 Å². The van der Waals surface area contributed by atoms with E-state index in [0.717, 1.165) is 16.7 Å². The minimum atomic E-state index is 0.165. The maximum absolute atomic E-state index is 6.29. The molecule has 2 N–H and O–H groups in total. The van der Waals surface area contributed by atoms with Gasteiger partial charge in [0.1, 0.15) is 0 Å². The van der Waals surface area contributed by atoms with E-state index in [1.807, 2.05) is 30.8 Å². The van der Waals surface area contributed by atoms with E-state index in [2.05, 4.69) is 6.07 Å². The summed E-state index contributed by atoms with van der Waals surface area (Å²) >= 11 is 8.28. The van der Waals surface area contributed by atoms with Crippen LogP contribution in [0.15, 0.2) is 23.1 Å². The maximum Gasteiger partial charge on any atom is 0.0449 e. The highest BCUT2D eigenvalue weighted by Crippen LogP contribution is 2.38. The Morgan fingerprint density at radius 2 is 2.12 bits per heavy atom. The van der Waals surface area contributed by atoms with Crippen LogP contribution < -0.4 is 5.73 Å². The highest BCUT2D eigenvalue weighted by atomic mass is 35.5. The molecule has 1 fully saturated rings. The van der Waals surface area contributed by atoms with Gasteiger partial charge in [0, 0.05) is 21.2 Å². The van der Waals surface area contributed by atoms with Crippen molar-refractivity contribution >= 4 is 23.4 Å². The summed E-state index contributed by atoms with van der Waals surface area (Å²) < 4.78 is 0. The SMILES string of the molecule is CC(N)Cc1c(Cl)cccc1SC1CCCC1. The molecule has 0 aromatic heterocycles. The van der Waals surface area contributed by atoms with Gasteiger partial charge in [0.15, 0.2) is 0 Å². The molecule has 0 radical (unpaired) electrons. The molecule has 1 aliphatic rings. The summed E-state index contributed by atoms with van der Waals surface area (Å²) in [6.45, 7) is 2.04. The first-order chi connectivity index (χ1) is 8.16. The van der Waals surface area contributed by atoms with Crippen molar-refractivity contribution in [1.29, 1.82) is 0 Å². The molecule has 1 aromatic rings. The van der Waals surface area contributed by atoms with Gasteiger partial charge in [0.2, 0.25) is 0 Å². The van der Waals surface area contributed by atoms with Gasteiger partial charge in [-0.05, 0) is 43.9 Å². The van der Waals surface area contributed by atoms with Crippen LogP contribution in [0.1, 0.15) is 38.2 Å². The van der Waals surface area contributed by atoms with E-state index in [0.29, 0.717) is 0 Å². The van der Waals surface area contributed by atoms with Gasteiger partial charge in [-0.1, -0.05) is 30.5 Å². The van der Waals surface area contributed by atoms with Crippen LogP contribution >= 0.6 is 23.4 Å². The Balaban J connectivity index is 2.16. The minimum Gasteiger partial charge on any atom is -0.328 e. The second kappa shape index (κ2) is 6.12. The van der Waals surface area contributed by atoms with Crippen LogP contribution in [0.25, 0.3) is 0 Å². The number of benzene rings is 1. The lowest BCUT2D eigenvalue weighted by atomic mass is 10.1. The second-order valence-electron chi connectivity index (χ2n) is 4.92. The van der Waals surface area contributed by atoms with Crippen LogP contribution in [0.5, 0.6) is 0 Å².